The molecule has 0 bridgehead atoms. The number of hydrogen-bond donors (Lipinski definition) is 1. The van der Waals surface area contributed by atoms with Gasteiger partial charge in [0.15, 0.2) is 0 Å². The van der Waals surface area contributed by atoms with E-state index in [-0.39, 0.29) is 6.10 Å². The lowest BCUT2D eigenvalue weighted by Gasteiger charge is -2.05. The van der Waals surface area contributed by atoms with E-state index in [9.17, 15) is 5.11 Å². The first kappa shape index (κ1) is 11.4. The Bertz CT molecular complexity index is 128. The van der Waals surface area contributed by atoms with Crippen molar-refractivity contribution in [3.8, 4) is 6.07 Å². The zero-order valence-electron chi connectivity index (χ0n) is 7.92. The normalized spacial score (nSPS) is 12.4. The minimum atomic E-state index is -0.110. The molecule has 0 saturated heterocycles. The van der Waals surface area contributed by atoms with Gasteiger partial charge < -0.3 is 5.11 Å². The van der Waals surface area contributed by atoms with E-state index in [2.05, 4.69) is 6.07 Å². The Morgan fingerprint density at radius 1 is 1.25 bits per heavy atom. The van der Waals surface area contributed by atoms with Crippen LogP contribution in [0.15, 0.2) is 0 Å². The molecule has 0 fully saturated rings. The van der Waals surface area contributed by atoms with Crippen molar-refractivity contribution >= 4 is 0 Å². The smallest absolute Gasteiger partial charge is 0.0621 e. The van der Waals surface area contributed by atoms with Gasteiger partial charge in [0.1, 0.15) is 0 Å². The number of nitrogens with zero attached hydrogens (tertiary/aromatic N) is 1. The van der Waals surface area contributed by atoms with E-state index in [1.54, 1.807) is 0 Å². The van der Waals surface area contributed by atoms with Crippen LogP contribution in [0, 0.1) is 11.3 Å². The molecule has 0 aliphatic rings. The Morgan fingerprint density at radius 3 is 2.50 bits per heavy atom. The fourth-order valence-corrected chi connectivity index (χ4v) is 1.14. The lowest BCUT2D eigenvalue weighted by atomic mass is 10.1. The van der Waals surface area contributed by atoms with Crippen LogP contribution in [0.5, 0.6) is 0 Å². The van der Waals surface area contributed by atoms with Gasteiger partial charge in [-0.2, -0.15) is 5.26 Å². The van der Waals surface area contributed by atoms with E-state index in [1.165, 1.54) is 0 Å². The van der Waals surface area contributed by atoms with Crippen LogP contribution in [0.25, 0.3) is 0 Å². The molecule has 0 aromatic heterocycles. The average molecular weight is 169 g/mol. The lowest BCUT2D eigenvalue weighted by molar-refractivity contribution is 0.156. The lowest BCUT2D eigenvalue weighted by Crippen LogP contribution is -2.03. The van der Waals surface area contributed by atoms with Crippen molar-refractivity contribution in [2.24, 2.45) is 0 Å². The predicted octanol–water partition coefficient (Wildman–Crippen LogP) is 2.62. The summed E-state index contributed by atoms with van der Waals surface area (Å²) in [5.41, 5.74) is 0. The van der Waals surface area contributed by atoms with Crippen LogP contribution in [0.3, 0.4) is 0 Å². The maximum Gasteiger partial charge on any atom is 0.0621 e. The highest BCUT2D eigenvalue weighted by Gasteiger charge is 1.98. The molecule has 0 radical (unpaired) electrons. The molecule has 0 aromatic carbocycles. The van der Waals surface area contributed by atoms with Gasteiger partial charge in [-0.25, -0.2) is 0 Å². The van der Waals surface area contributed by atoms with Gasteiger partial charge in [-0.3, -0.25) is 0 Å². The number of hydrogen-bond acceptors (Lipinski definition) is 2. The van der Waals surface area contributed by atoms with Crippen LogP contribution in [0.2, 0.25) is 0 Å². The molecule has 0 rings (SSSR count). The van der Waals surface area contributed by atoms with Gasteiger partial charge in [-0.15, -0.1) is 0 Å². The molecule has 0 aromatic rings. The van der Waals surface area contributed by atoms with Crippen molar-refractivity contribution in [1.82, 2.24) is 0 Å². The molecule has 70 valence electrons. The molecule has 1 atom stereocenters. The second kappa shape index (κ2) is 8.55. The molecule has 0 unspecified atom stereocenters. The maximum absolute atomic E-state index is 9.21. The molecular formula is C10H19NO. The van der Waals surface area contributed by atoms with Crippen molar-refractivity contribution in [3.63, 3.8) is 0 Å². The second-order valence-corrected chi connectivity index (χ2v) is 3.17. The summed E-state index contributed by atoms with van der Waals surface area (Å²) < 4.78 is 0. The molecule has 0 spiro atoms. The summed E-state index contributed by atoms with van der Waals surface area (Å²) in [6, 6.07) is 2.13. The van der Waals surface area contributed by atoms with E-state index >= 15 is 0 Å². The molecule has 0 heterocycles. The maximum atomic E-state index is 9.21. The largest absolute Gasteiger partial charge is 0.393 e. The van der Waals surface area contributed by atoms with E-state index in [1.807, 2.05) is 6.92 Å². The summed E-state index contributed by atoms with van der Waals surface area (Å²) in [6.07, 6.45) is 6.74. The van der Waals surface area contributed by atoms with Crippen LogP contribution in [0.4, 0.5) is 0 Å². The summed E-state index contributed by atoms with van der Waals surface area (Å²) in [7, 11) is 0. The second-order valence-electron chi connectivity index (χ2n) is 3.17. The molecule has 0 aliphatic heterocycles. The Kier molecular flexibility index (Phi) is 8.15. The van der Waals surface area contributed by atoms with Gasteiger partial charge in [0.25, 0.3) is 0 Å². The fourth-order valence-electron chi connectivity index (χ4n) is 1.14. The predicted molar refractivity (Wildman–Crippen MR) is 49.6 cm³/mol. The Morgan fingerprint density at radius 2 is 1.92 bits per heavy atom. The number of unbranched alkanes of at least 4 members (excludes halogenated alkanes) is 4. The van der Waals surface area contributed by atoms with Crippen LogP contribution < -0.4 is 0 Å². The first-order chi connectivity index (χ1) is 5.81. The Balaban J connectivity index is 2.96. The minimum Gasteiger partial charge on any atom is -0.393 e. The van der Waals surface area contributed by atoms with E-state index in [0.717, 1.165) is 38.5 Å². The van der Waals surface area contributed by atoms with Crippen molar-refractivity contribution in [2.75, 3.05) is 0 Å². The van der Waals surface area contributed by atoms with Gasteiger partial charge >= 0.3 is 0 Å². The summed E-state index contributed by atoms with van der Waals surface area (Å²) in [5, 5.41) is 17.5. The SMILES string of the molecule is CC[C@@H](O)CCCCCCC#N. The van der Waals surface area contributed by atoms with Crippen molar-refractivity contribution < 1.29 is 5.11 Å². The molecule has 2 heteroatoms. The summed E-state index contributed by atoms with van der Waals surface area (Å²) in [4.78, 5) is 0. The van der Waals surface area contributed by atoms with Gasteiger partial charge in [0.05, 0.1) is 12.2 Å². The number of nitriles is 1. The highest BCUT2D eigenvalue weighted by atomic mass is 16.3. The molecular weight excluding hydrogens is 150 g/mol. The van der Waals surface area contributed by atoms with Crippen LogP contribution in [-0.2, 0) is 0 Å². The minimum absolute atomic E-state index is 0.110. The van der Waals surface area contributed by atoms with Gasteiger partial charge in [0, 0.05) is 6.42 Å². The topological polar surface area (TPSA) is 44.0 Å². The zero-order chi connectivity index (χ0) is 9.23. The Hall–Kier alpha value is -0.550. The third kappa shape index (κ3) is 7.56. The van der Waals surface area contributed by atoms with E-state index in [0.29, 0.717) is 6.42 Å². The van der Waals surface area contributed by atoms with Gasteiger partial charge in [0.2, 0.25) is 0 Å². The fraction of sp³-hybridized carbons (Fsp3) is 0.900. The van der Waals surface area contributed by atoms with Crippen molar-refractivity contribution in [1.29, 1.82) is 5.26 Å². The zero-order valence-corrected chi connectivity index (χ0v) is 7.92. The summed E-state index contributed by atoms with van der Waals surface area (Å²) in [6.45, 7) is 2.00. The summed E-state index contributed by atoms with van der Waals surface area (Å²) in [5.74, 6) is 0. The van der Waals surface area contributed by atoms with Crippen LogP contribution in [-0.4, -0.2) is 11.2 Å². The first-order valence-electron chi connectivity index (χ1n) is 4.86. The quantitative estimate of drug-likeness (QED) is 0.595. The number of aliphatic hydroxyl groups is 1. The molecule has 0 saturated carbocycles. The highest BCUT2D eigenvalue weighted by Crippen LogP contribution is 2.08. The number of rotatable bonds is 7. The molecule has 0 aliphatic carbocycles. The van der Waals surface area contributed by atoms with Gasteiger partial charge in [-0.05, 0) is 19.3 Å². The summed E-state index contributed by atoms with van der Waals surface area (Å²) >= 11 is 0. The molecule has 12 heavy (non-hydrogen) atoms. The highest BCUT2D eigenvalue weighted by molar-refractivity contribution is 4.67. The molecule has 1 N–H and O–H groups in total. The first-order valence-corrected chi connectivity index (χ1v) is 4.86. The van der Waals surface area contributed by atoms with E-state index < -0.39 is 0 Å². The third-order valence-corrected chi connectivity index (χ3v) is 2.05. The van der Waals surface area contributed by atoms with E-state index in [4.69, 9.17) is 5.26 Å². The van der Waals surface area contributed by atoms with Gasteiger partial charge in [-0.1, -0.05) is 26.2 Å². The molecule has 2 nitrogen and oxygen atoms in total. The monoisotopic (exact) mass is 169 g/mol. The van der Waals surface area contributed by atoms with Crippen molar-refractivity contribution in [3.05, 3.63) is 0 Å². The molecule has 0 amide bonds. The number of aliphatic hydroxyl groups excluding tert-OH is 1. The standard InChI is InChI=1S/C10H19NO/c1-2-10(12)8-6-4-3-5-7-9-11/h10,12H,2-8H2,1H3/t10-/m1/s1. The Labute approximate surface area is 75.2 Å². The average Bonchev–Trinajstić information content (AvgIpc) is 2.10. The van der Waals surface area contributed by atoms with Crippen LogP contribution >= 0.6 is 0 Å². The third-order valence-electron chi connectivity index (χ3n) is 2.05. The van der Waals surface area contributed by atoms with Crippen LogP contribution in [0.1, 0.15) is 51.9 Å². The van der Waals surface area contributed by atoms with Crippen molar-refractivity contribution in [2.45, 2.75) is 58.0 Å².